The summed E-state index contributed by atoms with van der Waals surface area (Å²) >= 11 is 10.6. The summed E-state index contributed by atoms with van der Waals surface area (Å²) in [6.07, 6.45) is 2.25. The molecule has 0 saturated carbocycles. The van der Waals surface area contributed by atoms with Gasteiger partial charge in [-0.15, -0.1) is 0 Å². The molecule has 1 aliphatic heterocycles. The molecule has 0 aliphatic carbocycles. The molecule has 0 radical (unpaired) electrons. The van der Waals surface area contributed by atoms with Crippen LogP contribution in [-0.2, 0) is 9.59 Å². The van der Waals surface area contributed by atoms with Crippen LogP contribution in [0.5, 0.6) is 0 Å². The second-order valence-corrected chi connectivity index (χ2v) is 2.71. The minimum Gasteiger partial charge on any atom is -0.269 e. The van der Waals surface area contributed by atoms with Gasteiger partial charge in [0.2, 0.25) is 0 Å². The van der Waals surface area contributed by atoms with Gasteiger partial charge in [-0.1, -0.05) is 23.2 Å². The Kier molecular flexibility index (Phi) is 1.97. The summed E-state index contributed by atoms with van der Waals surface area (Å²) in [4.78, 5) is 21.0. The first-order valence-electron chi connectivity index (χ1n) is 2.46. The van der Waals surface area contributed by atoms with Crippen LogP contribution in [0.15, 0.2) is 12.2 Å². The van der Waals surface area contributed by atoms with Crippen molar-refractivity contribution in [2.24, 2.45) is 0 Å². The van der Waals surface area contributed by atoms with Gasteiger partial charge >= 0.3 is 0 Å². The number of carbonyl (C=O) groups is 2. The van der Waals surface area contributed by atoms with Crippen molar-refractivity contribution in [2.75, 3.05) is 0 Å². The molecule has 0 atom stereocenters. The maximum Gasteiger partial charge on any atom is 0.255 e. The predicted molar refractivity (Wildman–Crippen MR) is 36.5 cm³/mol. The lowest BCUT2D eigenvalue weighted by molar-refractivity contribution is -0.136. The topological polar surface area (TPSA) is 37.4 Å². The van der Waals surface area contributed by atoms with Gasteiger partial charge in [0.15, 0.2) is 4.96 Å². The fourth-order valence-corrected chi connectivity index (χ4v) is 0.989. The maximum absolute atomic E-state index is 10.7. The second-order valence-electron chi connectivity index (χ2n) is 1.66. The number of hydrogen-bond donors (Lipinski definition) is 0. The van der Waals surface area contributed by atoms with E-state index in [2.05, 4.69) is 0 Å². The molecular formula is C5H3Cl2NO2. The summed E-state index contributed by atoms with van der Waals surface area (Å²) in [6, 6.07) is 0. The fraction of sp³-hybridized carbons (Fsp3) is 0.200. The SMILES string of the molecule is O=C1C=CC(=O)N1C(Cl)Cl. The zero-order chi connectivity index (χ0) is 7.72. The third-order valence-corrected chi connectivity index (χ3v) is 1.43. The maximum atomic E-state index is 10.7. The Balaban J connectivity index is 2.79. The lowest BCUT2D eigenvalue weighted by atomic mass is 10.6. The highest BCUT2D eigenvalue weighted by molar-refractivity contribution is 6.46. The Labute approximate surface area is 67.2 Å². The van der Waals surface area contributed by atoms with E-state index in [1.54, 1.807) is 0 Å². The highest BCUT2D eigenvalue weighted by atomic mass is 35.5. The van der Waals surface area contributed by atoms with Crippen LogP contribution in [0.3, 0.4) is 0 Å². The van der Waals surface area contributed by atoms with E-state index in [4.69, 9.17) is 23.2 Å². The number of carbonyl (C=O) groups excluding carboxylic acids is 2. The quantitative estimate of drug-likeness (QED) is 0.338. The molecule has 5 heteroatoms. The van der Waals surface area contributed by atoms with Crippen molar-refractivity contribution < 1.29 is 9.59 Å². The van der Waals surface area contributed by atoms with Crippen LogP contribution in [0, 0.1) is 0 Å². The summed E-state index contributed by atoms with van der Waals surface area (Å²) in [7, 11) is 0. The first-order chi connectivity index (χ1) is 4.63. The van der Waals surface area contributed by atoms with Crippen molar-refractivity contribution in [1.29, 1.82) is 0 Å². The number of rotatable bonds is 1. The molecule has 3 nitrogen and oxygen atoms in total. The lowest BCUT2D eigenvalue weighted by Crippen LogP contribution is -2.33. The number of nitrogens with zero attached hydrogens (tertiary/aromatic N) is 1. The minimum absolute atomic E-state index is 0.472. The molecule has 0 N–H and O–H groups in total. The first-order valence-corrected chi connectivity index (χ1v) is 3.33. The molecule has 0 bridgehead atoms. The smallest absolute Gasteiger partial charge is 0.255 e. The van der Waals surface area contributed by atoms with Gasteiger partial charge < -0.3 is 0 Å². The number of hydrogen-bond acceptors (Lipinski definition) is 2. The van der Waals surface area contributed by atoms with E-state index < -0.39 is 16.8 Å². The summed E-state index contributed by atoms with van der Waals surface area (Å²) in [5, 5.41) is 0. The highest BCUT2D eigenvalue weighted by Gasteiger charge is 2.28. The number of amides is 2. The van der Waals surface area contributed by atoms with Crippen molar-refractivity contribution in [3.8, 4) is 0 Å². The van der Waals surface area contributed by atoms with E-state index in [1.807, 2.05) is 0 Å². The van der Waals surface area contributed by atoms with Crippen molar-refractivity contribution in [1.82, 2.24) is 4.90 Å². The first kappa shape index (κ1) is 7.57. The lowest BCUT2D eigenvalue weighted by Gasteiger charge is -2.13. The summed E-state index contributed by atoms with van der Waals surface area (Å²) in [5.74, 6) is -0.944. The van der Waals surface area contributed by atoms with Crippen molar-refractivity contribution >= 4 is 35.0 Å². The van der Waals surface area contributed by atoms with Gasteiger partial charge in [0.25, 0.3) is 11.8 Å². The van der Waals surface area contributed by atoms with Crippen LogP contribution in [0.1, 0.15) is 0 Å². The Bertz CT molecular complexity index is 194. The van der Waals surface area contributed by atoms with E-state index in [0.29, 0.717) is 0 Å². The molecule has 0 aromatic heterocycles. The van der Waals surface area contributed by atoms with E-state index in [-0.39, 0.29) is 0 Å². The molecule has 54 valence electrons. The van der Waals surface area contributed by atoms with Crippen molar-refractivity contribution in [2.45, 2.75) is 4.96 Å². The molecule has 0 aromatic carbocycles. The van der Waals surface area contributed by atoms with Gasteiger partial charge in [0.05, 0.1) is 0 Å². The summed E-state index contributed by atoms with van der Waals surface area (Å²) in [5.41, 5.74) is 0. The summed E-state index contributed by atoms with van der Waals surface area (Å²) < 4.78 is 0. The van der Waals surface area contributed by atoms with Crippen LogP contribution >= 0.6 is 23.2 Å². The van der Waals surface area contributed by atoms with Crippen LogP contribution in [-0.4, -0.2) is 21.7 Å². The van der Waals surface area contributed by atoms with Gasteiger partial charge in [-0.2, -0.15) is 0 Å². The highest BCUT2D eigenvalue weighted by Crippen LogP contribution is 2.14. The number of alkyl halides is 2. The fourth-order valence-electron chi connectivity index (χ4n) is 0.604. The van der Waals surface area contributed by atoms with Crippen LogP contribution in [0.25, 0.3) is 0 Å². The monoisotopic (exact) mass is 179 g/mol. The molecule has 10 heavy (non-hydrogen) atoms. The molecule has 1 aliphatic rings. The average molecular weight is 180 g/mol. The molecule has 2 amide bonds. The molecular weight excluding hydrogens is 177 g/mol. The second kappa shape index (κ2) is 2.60. The van der Waals surface area contributed by atoms with Gasteiger partial charge in [-0.25, -0.2) is 4.90 Å². The molecule has 0 saturated heterocycles. The molecule has 0 spiro atoms. The van der Waals surface area contributed by atoms with Crippen LogP contribution in [0.4, 0.5) is 0 Å². The largest absolute Gasteiger partial charge is 0.269 e. The van der Waals surface area contributed by atoms with Crippen molar-refractivity contribution in [3.05, 3.63) is 12.2 Å². The Morgan fingerprint density at radius 2 is 1.60 bits per heavy atom. The zero-order valence-corrected chi connectivity index (χ0v) is 6.26. The Morgan fingerprint density at radius 3 is 1.80 bits per heavy atom. The third-order valence-electron chi connectivity index (χ3n) is 1.04. The van der Waals surface area contributed by atoms with Gasteiger partial charge in [0.1, 0.15) is 0 Å². The third kappa shape index (κ3) is 1.15. The molecule has 0 fully saturated rings. The average Bonchev–Trinajstić information content (AvgIpc) is 2.11. The normalized spacial score (nSPS) is 17.7. The molecule has 1 rings (SSSR count). The standard InChI is InChI=1S/C5H3Cl2NO2/c6-5(7)8-3(9)1-2-4(8)10/h1-2,5H. The predicted octanol–water partition coefficient (Wildman–Crippen LogP) is 0.673. The zero-order valence-electron chi connectivity index (χ0n) is 4.75. The summed E-state index contributed by atoms with van der Waals surface area (Å²) in [6.45, 7) is 0. The number of imide groups is 1. The minimum atomic E-state index is -1.09. The van der Waals surface area contributed by atoms with Gasteiger partial charge in [0, 0.05) is 12.2 Å². The molecule has 0 aromatic rings. The Hall–Kier alpha value is -0.540. The van der Waals surface area contributed by atoms with Crippen LogP contribution < -0.4 is 0 Å². The van der Waals surface area contributed by atoms with E-state index >= 15 is 0 Å². The van der Waals surface area contributed by atoms with Gasteiger partial charge in [-0.3, -0.25) is 9.59 Å². The number of halogens is 2. The van der Waals surface area contributed by atoms with Gasteiger partial charge in [-0.05, 0) is 0 Å². The van der Waals surface area contributed by atoms with E-state index in [0.717, 1.165) is 17.1 Å². The van der Waals surface area contributed by atoms with E-state index in [9.17, 15) is 9.59 Å². The van der Waals surface area contributed by atoms with Crippen molar-refractivity contribution in [3.63, 3.8) is 0 Å². The molecule has 0 unspecified atom stereocenters. The van der Waals surface area contributed by atoms with E-state index in [1.165, 1.54) is 0 Å². The molecule has 1 heterocycles. The Morgan fingerprint density at radius 1 is 1.20 bits per heavy atom. The van der Waals surface area contributed by atoms with Crippen LogP contribution in [0.2, 0.25) is 0 Å².